The molecule has 0 bridgehead atoms. The first kappa shape index (κ1) is 18.9. The number of halogens is 2. The molecule has 0 N–H and O–H groups in total. The highest BCUT2D eigenvalue weighted by atomic mass is 35.5. The number of nitrogens with zero attached hydrogens (tertiary/aromatic N) is 1. The molecule has 138 valence electrons. The van der Waals surface area contributed by atoms with Gasteiger partial charge in [0.1, 0.15) is 12.4 Å². The molecule has 0 aromatic heterocycles. The number of aryl methyl sites for hydroxylation is 1. The molecular formula is C22H19ClFNO2. The van der Waals surface area contributed by atoms with Gasteiger partial charge in [-0.05, 0) is 53.9 Å². The lowest BCUT2D eigenvalue weighted by molar-refractivity contribution is 0.284. The van der Waals surface area contributed by atoms with Crippen LogP contribution in [0.3, 0.4) is 0 Å². The van der Waals surface area contributed by atoms with Gasteiger partial charge in [0.2, 0.25) is 0 Å². The number of hydrogen-bond donors (Lipinski definition) is 0. The van der Waals surface area contributed by atoms with Gasteiger partial charge in [0.05, 0.1) is 17.8 Å². The van der Waals surface area contributed by atoms with Gasteiger partial charge in [-0.25, -0.2) is 4.39 Å². The average Bonchev–Trinajstić information content (AvgIpc) is 2.66. The highest BCUT2D eigenvalue weighted by Crippen LogP contribution is 2.36. The molecule has 0 aliphatic rings. The number of hydrogen-bond acceptors (Lipinski definition) is 3. The SMILES string of the molecule is COc1cc(C=Nc2ccccc2C)cc(Cl)c1OCc1cccc(F)c1. The Kier molecular flexibility index (Phi) is 6.09. The maximum absolute atomic E-state index is 13.3. The number of methoxy groups -OCH3 is 1. The third kappa shape index (κ3) is 4.86. The molecule has 27 heavy (non-hydrogen) atoms. The highest BCUT2D eigenvalue weighted by molar-refractivity contribution is 6.32. The van der Waals surface area contributed by atoms with Gasteiger partial charge in [-0.2, -0.15) is 0 Å². The van der Waals surface area contributed by atoms with Gasteiger partial charge in [0.25, 0.3) is 0 Å². The summed E-state index contributed by atoms with van der Waals surface area (Å²) in [5.74, 6) is 0.596. The van der Waals surface area contributed by atoms with Crippen molar-refractivity contribution in [2.75, 3.05) is 7.11 Å². The molecule has 0 aliphatic carbocycles. The van der Waals surface area contributed by atoms with Gasteiger partial charge in [-0.15, -0.1) is 0 Å². The van der Waals surface area contributed by atoms with Crippen molar-refractivity contribution >= 4 is 23.5 Å². The summed E-state index contributed by atoms with van der Waals surface area (Å²) in [7, 11) is 1.54. The largest absolute Gasteiger partial charge is 0.493 e. The lowest BCUT2D eigenvalue weighted by atomic mass is 10.2. The summed E-state index contributed by atoms with van der Waals surface area (Å²) in [6.07, 6.45) is 1.73. The van der Waals surface area contributed by atoms with Crippen LogP contribution in [0.1, 0.15) is 16.7 Å². The molecule has 5 heteroatoms. The Morgan fingerprint density at radius 1 is 1.07 bits per heavy atom. The van der Waals surface area contributed by atoms with Crippen LogP contribution in [0.25, 0.3) is 0 Å². The lowest BCUT2D eigenvalue weighted by Crippen LogP contribution is -2.00. The van der Waals surface area contributed by atoms with Crippen molar-refractivity contribution in [3.8, 4) is 11.5 Å². The quantitative estimate of drug-likeness (QED) is 0.479. The second-order valence-corrected chi connectivity index (χ2v) is 6.40. The van der Waals surface area contributed by atoms with Crippen LogP contribution in [-0.2, 0) is 6.61 Å². The molecule has 0 saturated heterocycles. The molecule has 0 aliphatic heterocycles. The third-order valence-electron chi connectivity index (χ3n) is 3.99. The predicted molar refractivity (Wildman–Crippen MR) is 107 cm³/mol. The molecule has 3 aromatic rings. The van der Waals surface area contributed by atoms with Crippen molar-refractivity contribution in [2.24, 2.45) is 4.99 Å². The minimum Gasteiger partial charge on any atom is -0.493 e. The fraction of sp³-hybridized carbons (Fsp3) is 0.136. The molecule has 3 aromatic carbocycles. The summed E-state index contributed by atoms with van der Waals surface area (Å²) in [5.41, 5.74) is 3.47. The van der Waals surface area contributed by atoms with Crippen LogP contribution in [0.2, 0.25) is 5.02 Å². The molecular weight excluding hydrogens is 365 g/mol. The van der Waals surface area contributed by atoms with E-state index in [4.69, 9.17) is 21.1 Å². The first-order valence-electron chi connectivity index (χ1n) is 8.41. The van der Waals surface area contributed by atoms with Crippen LogP contribution in [0.15, 0.2) is 65.7 Å². The Morgan fingerprint density at radius 3 is 2.63 bits per heavy atom. The minimum atomic E-state index is -0.308. The summed E-state index contributed by atoms with van der Waals surface area (Å²) in [6, 6.07) is 17.6. The topological polar surface area (TPSA) is 30.8 Å². The van der Waals surface area contributed by atoms with Crippen LogP contribution in [0, 0.1) is 12.7 Å². The van der Waals surface area contributed by atoms with Crippen molar-refractivity contribution in [2.45, 2.75) is 13.5 Å². The number of rotatable bonds is 6. The molecule has 0 saturated carbocycles. The minimum absolute atomic E-state index is 0.185. The molecule has 0 atom stereocenters. The molecule has 0 radical (unpaired) electrons. The molecule has 0 heterocycles. The van der Waals surface area contributed by atoms with E-state index in [1.54, 1.807) is 37.6 Å². The Morgan fingerprint density at radius 2 is 1.89 bits per heavy atom. The number of benzene rings is 3. The first-order valence-corrected chi connectivity index (χ1v) is 8.79. The molecule has 0 spiro atoms. The number of aliphatic imine (C=N–C) groups is 1. The van der Waals surface area contributed by atoms with E-state index in [9.17, 15) is 4.39 Å². The van der Waals surface area contributed by atoms with Gasteiger partial charge in [-0.1, -0.05) is 41.9 Å². The van der Waals surface area contributed by atoms with E-state index < -0.39 is 0 Å². The normalized spacial score (nSPS) is 11.0. The second-order valence-electron chi connectivity index (χ2n) is 6.00. The monoisotopic (exact) mass is 383 g/mol. The Hall–Kier alpha value is -2.85. The van der Waals surface area contributed by atoms with E-state index in [-0.39, 0.29) is 12.4 Å². The van der Waals surface area contributed by atoms with E-state index in [0.717, 1.165) is 16.8 Å². The van der Waals surface area contributed by atoms with E-state index in [1.165, 1.54) is 12.1 Å². The van der Waals surface area contributed by atoms with Gasteiger partial charge >= 0.3 is 0 Å². The van der Waals surface area contributed by atoms with Crippen molar-refractivity contribution in [1.29, 1.82) is 0 Å². The molecule has 0 unspecified atom stereocenters. The zero-order chi connectivity index (χ0) is 19.2. The van der Waals surface area contributed by atoms with Crippen LogP contribution >= 0.6 is 11.6 Å². The summed E-state index contributed by atoms with van der Waals surface area (Å²) in [4.78, 5) is 4.50. The van der Waals surface area contributed by atoms with Crippen LogP contribution < -0.4 is 9.47 Å². The third-order valence-corrected chi connectivity index (χ3v) is 4.27. The summed E-state index contributed by atoms with van der Waals surface area (Å²) in [6.45, 7) is 2.19. The van der Waals surface area contributed by atoms with Crippen molar-refractivity contribution in [3.05, 3.63) is 88.2 Å². The highest BCUT2D eigenvalue weighted by Gasteiger charge is 2.12. The maximum atomic E-state index is 13.3. The van der Waals surface area contributed by atoms with E-state index in [1.807, 2.05) is 31.2 Å². The molecule has 0 fully saturated rings. The van der Waals surface area contributed by atoms with Crippen LogP contribution in [0.4, 0.5) is 10.1 Å². The van der Waals surface area contributed by atoms with Gasteiger partial charge < -0.3 is 9.47 Å². The standard InChI is InChI=1S/C22H19ClFNO2/c1-15-6-3-4-9-20(15)25-13-17-11-19(23)22(21(12-17)26-2)27-14-16-7-5-8-18(24)10-16/h3-13H,14H2,1-2H3. The molecule has 0 amide bonds. The van der Waals surface area contributed by atoms with Gasteiger partial charge in [0, 0.05) is 6.21 Å². The van der Waals surface area contributed by atoms with Crippen LogP contribution in [0.5, 0.6) is 11.5 Å². The number of para-hydroxylation sites is 1. The predicted octanol–water partition coefficient (Wildman–Crippen LogP) is 6.13. The first-order chi connectivity index (χ1) is 13.1. The molecule has 3 rings (SSSR count). The zero-order valence-corrected chi connectivity index (χ0v) is 15.8. The smallest absolute Gasteiger partial charge is 0.180 e. The molecule has 3 nitrogen and oxygen atoms in total. The lowest BCUT2D eigenvalue weighted by Gasteiger charge is -2.13. The van der Waals surface area contributed by atoms with Crippen molar-refractivity contribution < 1.29 is 13.9 Å². The fourth-order valence-corrected chi connectivity index (χ4v) is 2.86. The van der Waals surface area contributed by atoms with Gasteiger partial charge in [-0.3, -0.25) is 4.99 Å². The summed E-state index contributed by atoms with van der Waals surface area (Å²) < 4.78 is 24.5. The maximum Gasteiger partial charge on any atom is 0.180 e. The van der Waals surface area contributed by atoms with E-state index in [0.29, 0.717) is 22.1 Å². The van der Waals surface area contributed by atoms with E-state index in [2.05, 4.69) is 4.99 Å². The Balaban J connectivity index is 1.81. The van der Waals surface area contributed by atoms with Crippen LogP contribution in [-0.4, -0.2) is 13.3 Å². The average molecular weight is 384 g/mol. The second kappa shape index (κ2) is 8.69. The Bertz CT molecular complexity index is 972. The fourth-order valence-electron chi connectivity index (χ4n) is 2.59. The van der Waals surface area contributed by atoms with E-state index >= 15 is 0 Å². The summed E-state index contributed by atoms with van der Waals surface area (Å²) in [5, 5.41) is 0.400. The summed E-state index contributed by atoms with van der Waals surface area (Å²) >= 11 is 6.38. The van der Waals surface area contributed by atoms with Gasteiger partial charge in [0.15, 0.2) is 11.5 Å². The van der Waals surface area contributed by atoms with Crippen molar-refractivity contribution in [1.82, 2.24) is 0 Å². The zero-order valence-electron chi connectivity index (χ0n) is 15.1. The van der Waals surface area contributed by atoms with Crippen molar-refractivity contribution in [3.63, 3.8) is 0 Å². The Labute approximate surface area is 163 Å². The number of ether oxygens (including phenoxy) is 2.